The molecule has 1 heterocycles. The minimum Gasteiger partial charge on any atom is -0.330 e. The number of rotatable bonds is 5. The monoisotopic (exact) mass is 374 g/mol. The number of benzene rings is 2. The Bertz CT molecular complexity index is 928. The maximum absolute atomic E-state index is 13.0. The van der Waals surface area contributed by atoms with Crippen LogP contribution in [-0.4, -0.2) is 41.7 Å². The van der Waals surface area contributed by atoms with Crippen molar-refractivity contribution in [1.29, 1.82) is 0 Å². The predicted octanol–water partition coefficient (Wildman–Crippen LogP) is 2.42. The number of hydrogen-bond donors (Lipinski definition) is 0. The van der Waals surface area contributed by atoms with Gasteiger partial charge in [0, 0.05) is 30.3 Å². The predicted molar refractivity (Wildman–Crippen MR) is 96.5 cm³/mol. The summed E-state index contributed by atoms with van der Waals surface area (Å²) < 4.78 is 23.7. The van der Waals surface area contributed by atoms with Gasteiger partial charge < -0.3 is 4.90 Å². The van der Waals surface area contributed by atoms with Crippen LogP contribution in [0.15, 0.2) is 54.6 Å². The fourth-order valence-corrected chi connectivity index (χ4v) is 4.82. The summed E-state index contributed by atoms with van der Waals surface area (Å²) in [5.41, 5.74) is 0.879. The zero-order valence-electron chi connectivity index (χ0n) is 13.9. The number of hydrogen-bond acceptors (Lipinski definition) is 5. The van der Waals surface area contributed by atoms with Gasteiger partial charge in [0.05, 0.1) is 16.4 Å². The van der Waals surface area contributed by atoms with Gasteiger partial charge in [0.2, 0.25) is 0 Å². The second kappa shape index (κ2) is 7.25. The topological polar surface area (TPSA) is 97.6 Å². The molecule has 136 valence electrons. The fraction of sp³-hybridized carbons (Fsp3) is 0.278. The number of nitro groups is 1. The van der Waals surface area contributed by atoms with Crippen molar-refractivity contribution in [3.8, 4) is 0 Å². The van der Waals surface area contributed by atoms with Crippen molar-refractivity contribution in [1.82, 2.24) is 4.90 Å². The number of carbonyl (C=O) groups is 1. The number of nitro benzene ring substituents is 1. The van der Waals surface area contributed by atoms with Crippen LogP contribution in [0.25, 0.3) is 0 Å². The summed E-state index contributed by atoms with van der Waals surface area (Å²) >= 11 is 0. The molecule has 0 aromatic heterocycles. The van der Waals surface area contributed by atoms with Crippen molar-refractivity contribution in [2.45, 2.75) is 19.0 Å². The van der Waals surface area contributed by atoms with E-state index in [0.29, 0.717) is 6.42 Å². The first kappa shape index (κ1) is 18.1. The van der Waals surface area contributed by atoms with Gasteiger partial charge >= 0.3 is 0 Å². The lowest BCUT2D eigenvalue weighted by Gasteiger charge is -2.28. The minimum atomic E-state index is -3.17. The highest BCUT2D eigenvalue weighted by Gasteiger charge is 2.35. The molecular weight excluding hydrogens is 356 g/mol. The van der Waals surface area contributed by atoms with Gasteiger partial charge in [0.15, 0.2) is 9.84 Å². The highest BCUT2D eigenvalue weighted by Crippen LogP contribution is 2.23. The summed E-state index contributed by atoms with van der Waals surface area (Å²) in [5, 5.41) is 11.0. The summed E-state index contributed by atoms with van der Waals surface area (Å²) in [6.45, 7) is 0.253. The van der Waals surface area contributed by atoms with Crippen LogP contribution < -0.4 is 0 Å². The molecule has 1 unspecified atom stereocenters. The van der Waals surface area contributed by atoms with Crippen LogP contribution in [0.5, 0.6) is 0 Å². The van der Waals surface area contributed by atoms with Crippen molar-refractivity contribution in [3.63, 3.8) is 0 Å². The van der Waals surface area contributed by atoms with E-state index < -0.39 is 26.7 Å². The van der Waals surface area contributed by atoms with E-state index in [1.807, 2.05) is 30.3 Å². The number of amides is 1. The zero-order valence-corrected chi connectivity index (χ0v) is 14.8. The van der Waals surface area contributed by atoms with Gasteiger partial charge in [-0.1, -0.05) is 36.4 Å². The average molecular weight is 374 g/mol. The Morgan fingerprint density at radius 1 is 1.15 bits per heavy atom. The van der Waals surface area contributed by atoms with Crippen LogP contribution in [0.1, 0.15) is 22.3 Å². The molecule has 1 aliphatic heterocycles. The largest absolute Gasteiger partial charge is 0.330 e. The van der Waals surface area contributed by atoms with E-state index in [4.69, 9.17) is 0 Å². The summed E-state index contributed by atoms with van der Waals surface area (Å²) in [5.74, 6) is -0.439. The second-order valence-corrected chi connectivity index (χ2v) is 8.51. The molecule has 8 heteroatoms. The Morgan fingerprint density at radius 2 is 1.88 bits per heavy atom. The van der Waals surface area contributed by atoms with Crippen LogP contribution in [0.2, 0.25) is 0 Å². The Hall–Kier alpha value is -2.74. The summed E-state index contributed by atoms with van der Waals surface area (Å²) in [4.78, 5) is 25.0. The molecule has 1 aliphatic rings. The van der Waals surface area contributed by atoms with E-state index in [9.17, 15) is 23.3 Å². The van der Waals surface area contributed by atoms with Crippen molar-refractivity contribution >= 4 is 21.4 Å². The summed E-state index contributed by atoms with van der Waals surface area (Å²) in [6, 6.07) is 14.3. The normalized spacial score (nSPS) is 18.4. The molecule has 1 fully saturated rings. The quantitative estimate of drug-likeness (QED) is 0.591. The Morgan fingerprint density at radius 3 is 2.50 bits per heavy atom. The molecule has 26 heavy (non-hydrogen) atoms. The van der Waals surface area contributed by atoms with Crippen LogP contribution in [0.3, 0.4) is 0 Å². The molecule has 0 saturated carbocycles. The van der Waals surface area contributed by atoms with E-state index in [-0.39, 0.29) is 29.3 Å². The molecule has 7 nitrogen and oxygen atoms in total. The number of sulfone groups is 1. The molecule has 0 N–H and O–H groups in total. The van der Waals surface area contributed by atoms with Gasteiger partial charge in [0.1, 0.15) is 0 Å². The molecule has 0 spiro atoms. The van der Waals surface area contributed by atoms with Gasteiger partial charge in [-0.15, -0.1) is 0 Å². The molecule has 3 rings (SSSR count). The van der Waals surface area contributed by atoms with Crippen LogP contribution in [-0.2, 0) is 16.4 Å². The van der Waals surface area contributed by atoms with Crippen molar-refractivity contribution in [3.05, 3.63) is 75.8 Å². The van der Waals surface area contributed by atoms with Gasteiger partial charge in [-0.3, -0.25) is 14.9 Å². The molecule has 1 atom stereocenters. The summed E-state index contributed by atoms with van der Waals surface area (Å²) in [6.07, 6.45) is 0.371. The Kier molecular flexibility index (Phi) is 5.03. The highest BCUT2D eigenvalue weighted by molar-refractivity contribution is 7.91. The standard InChI is InChI=1S/C18H18N2O5S/c21-18(15-7-4-8-16(11-15)20(22)23)19(12-14-5-2-1-3-6-14)17-9-10-26(24,25)13-17/h1-8,11,17H,9-10,12-13H2. The molecule has 1 saturated heterocycles. The number of carbonyl (C=O) groups excluding carboxylic acids is 1. The number of non-ortho nitro benzene ring substituents is 1. The molecule has 0 radical (unpaired) electrons. The van der Waals surface area contributed by atoms with Gasteiger partial charge in [-0.2, -0.15) is 0 Å². The zero-order chi connectivity index (χ0) is 18.7. The third kappa shape index (κ3) is 4.08. The molecule has 2 aromatic carbocycles. The van der Waals surface area contributed by atoms with Gasteiger partial charge in [0.25, 0.3) is 11.6 Å². The van der Waals surface area contributed by atoms with Crippen molar-refractivity contribution in [2.75, 3.05) is 11.5 Å². The van der Waals surface area contributed by atoms with E-state index in [1.54, 1.807) is 0 Å². The average Bonchev–Trinajstić information content (AvgIpc) is 2.99. The minimum absolute atomic E-state index is 0.0468. The lowest BCUT2D eigenvalue weighted by molar-refractivity contribution is -0.384. The molecule has 2 aromatic rings. The fourth-order valence-electron chi connectivity index (χ4n) is 3.09. The smallest absolute Gasteiger partial charge is 0.270 e. The first-order valence-corrected chi connectivity index (χ1v) is 9.98. The van der Waals surface area contributed by atoms with E-state index >= 15 is 0 Å². The third-order valence-electron chi connectivity index (χ3n) is 4.41. The molecule has 0 aliphatic carbocycles. The van der Waals surface area contributed by atoms with Crippen molar-refractivity contribution in [2.24, 2.45) is 0 Å². The lowest BCUT2D eigenvalue weighted by atomic mass is 10.1. The van der Waals surface area contributed by atoms with E-state index in [1.165, 1.54) is 29.2 Å². The maximum atomic E-state index is 13.0. The van der Waals surface area contributed by atoms with E-state index in [2.05, 4.69) is 0 Å². The SMILES string of the molecule is O=C(c1cccc([N+](=O)[O-])c1)N(Cc1ccccc1)C1CCS(=O)(=O)C1. The van der Waals surface area contributed by atoms with Gasteiger partial charge in [-0.05, 0) is 18.1 Å². The second-order valence-electron chi connectivity index (χ2n) is 6.28. The van der Waals surface area contributed by atoms with Crippen LogP contribution >= 0.6 is 0 Å². The lowest BCUT2D eigenvalue weighted by Crippen LogP contribution is -2.40. The van der Waals surface area contributed by atoms with Crippen LogP contribution in [0, 0.1) is 10.1 Å². The molecule has 1 amide bonds. The van der Waals surface area contributed by atoms with E-state index in [0.717, 1.165) is 5.56 Å². The van der Waals surface area contributed by atoms with Crippen LogP contribution in [0.4, 0.5) is 5.69 Å². The Balaban J connectivity index is 1.93. The molecule has 0 bridgehead atoms. The Labute approximate surface area is 151 Å². The summed E-state index contributed by atoms with van der Waals surface area (Å²) in [7, 11) is -3.17. The van der Waals surface area contributed by atoms with Crippen molar-refractivity contribution < 1.29 is 18.1 Å². The first-order valence-electron chi connectivity index (χ1n) is 8.15. The maximum Gasteiger partial charge on any atom is 0.270 e. The van der Waals surface area contributed by atoms with Gasteiger partial charge in [-0.25, -0.2) is 8.42 Å². The third-order valence-corrected chi connectivity index (χ3v) is 6.16. The number of nitrogens with zero attached hydrogens (tertiary/aromatic N) is 2. The highest BCUT2D eigenvalue weighted by atomic mass is 32.2. The molecular formula is C18H18N2O5S. The first-order chi connectivity index (χ1) is 12.4.